The van der Waals surface area contributed by atoms with Crippen LogP contribution in [-0.2, 0) is 17.6 Å². The number of benzene rings is 1. The number of aryl methyl sites for hydroxylation is 2. The van der Waals surface area contributed by atoms with Gasteiger partial charge >= 0.3 is 5.97 Å². The van der Waals surface area contributed by atoms with Crippen LogP contribution in [0.1, 0.15) is 34.3 Å². The molecule has 0 bridgehead atoms. The van der Waals surface area contributed by atoms with Gasteiger partial charge in [-0.3, -0.25) is 4.79 Å². The fourth-order valence-corrected chi connectivity index (χ4v) is 2.81. The third-order valence-corrected chi connectivity index (χ3v) is 3.96. The van der Waals surface area contributed by atoms with Crippen molar-refractivity contribution in [2.24, 2.45) is 0 Å². The van der Waals surface area contributed by atoms with Crippen LogP contribution >= 0.6 is 11.3 Å². The number of hydrogen-bond acceptors (Lipinski definition) is 4. The molecule has 2 aromatic rings. The summed E-state index contributed by atoms with van der Waals surface area (Å²) in [6.07, 6.45) is 1.51. The largest absolute Gasteiger partial charge is 0.477 e. The van der Waals surface area contributed by atoms with Gasteiger partial charge in [0, 0.05) is 6.42 Å². The van der Waals surface area contributed by atoms with Crippen molar-refractivity contribution in [3.05, 3.63) is 46.5 Å². The zero-order valence-electron chi connectivity index (χ0n) is 11.6. The first-order valence-electron chi connectivity index (χ1n) is 6.67. The second-order valence-electron chi connectivity index (χ2n) is 4.49. The van der Waals surface area contributed by atoms with E-state index in [0.717, 1.165) is 16.9 Å². The van der Waals surface area contributed by atoms with Gasteiger partial charge in [-0.2, -0.15) is 0 Å². The van der Waals surface area contributed by atoms with Gasteiger partial charge < -0.3 is 10.4 Å². The zero-order chi connectivity index (χ0) is 15.2. The first kappa shape index (κ1) is 15.2. The Morgan fingerprint density at radius 2 is 2.00 bits per heavy atom. The highest BCUT2D eigenvalue weighted by atomic mass is 32.1. The third-order valence-electron chi connectivity index (χ3n) is 2.96. The first-order valence-corrected chi connectivity index (χ1v) is 7.48. The topological polar surface area (TPSA) is 79.3 Å². The Morgan fingerprint density at radius 1 is 1.29 bits per heavy atom. The van der Waals surface area contributed by atoms with Crippen LogP contribution in [0.2, 0.25) is 0 Å². The quantitative estimate of drug-likeness (QED) is 0.860. The summed E-state index contributed by atoms with van der Waals surface area (Å²) in [6, 6.07) is 9.73. The van der Waals surface area contributed by atoms with Crippen molar-refractivity contribution < 1.29 is 14.7 Å². The number of aromatic nitrogens is 1. The summed E-state index contributed by atoms with van der Waals surface area (Å²) in [5, 5.41) is 12.1. The highest BCUT2D eigenvalue weighted by molar-refractivity contribution is 7.17. The molecule has 6 heteroatoms. The fourth-order valence-electron chi connectivity index (χ4n) is 1.90. The van der Waals surface area contributed by atoms with E-state index >= 15 is 0 Å². The minimum atomic E-state index is -1.01. The van der Waals surface area contributed by atoms with E-state index in [0.29, 0.717) is 30.1 Å². The van der Waals surface area contributed by atoms with Crippen molar-refractivity contribution in [1.82, 2.24) is 4.98 Å². The Kier molecular flexibility index (Phi) is 5.05. The Balaban J connectivity index is 1.95. The maximum absolute atomic E-state index is 11.9. The molecule has 0 radical (unpaired) electrons. The lowest BCUT2D eigenvalue weighted by Crippen LogP contribution is -2.12. The van der Waals surface area contributed by atoms with E-state index in [2.05, 4.69) is 10.3 Å². The van der Waals surface area contributed by atoms with Crippen LogP contribution < -0.4 is 5.32 Å². The van der Waals surface area contributed by atoms with E-state index in [1.54, 1.807) is 0 Å². The summed E-state index contributed by atoms with van der Waals surface area (Å²) in [7, 11) is 0. The average Bonchev–Trinajstić information content (AvgIpc) is 2.89. The van der Waals surface area contributed by atoms with Gasteiger partial charge in [0.15, 0.2) is 5.13 Å². The molecule has 1 heterocycles. The average molecular weight is 304 g/mol. The molecule has 110 valence electrons. The number of rotatable bonds is 6. The van der Waals surface area contributed by atoms with Gasteiger partial charge in [-0.05, 0) is 18.4 Å². The number of carboxylic acid groups (broad SMARTS) is 1. The van der Waals surface area contributed by atoms with Crippen molar-refractivity contribution in [2.75, 3.05) is 5.32 Å². The van der Waals surface area contributed by atoms with Crippen molar-refractivity contribution in [3.8, 4) is 0 Å². The number of nitrogens with zero attached hydrogens (tertiary/aromatic N) is 1. The summed E-state index contributed by atoms with van der Waals surface area (Å²) in [6.45, 7) is 1.84. The van der Waals surface area contributed by atoms with Crippen molar-refractivity contribution >= 4 is 28.3 Å². The Hall–Kier alpha value is -2.21. The minimum absolute atomic E-state index is 0.160. The van der Waals surface area contributed by atoms with Crippen LogP contribution in [0.15, 0.2) is 30.3 Å². The SMILES string of the molecule is CCc1nc(NC(=O)CCc2ccccc2)sc1C(=O)O. The van der Waals surface area contributed by atoms with Crippen LogP contribution in [-0.4, -0.2) is 22.0 Å². The van der Waals surface area contributed by atoms with Crippen LogP contribution in [0.5, 0.6) is 0 Å². The molecule has 2 N–H and O–H groups in total. The lowest BCUT2D eigenvalue weighted by atomic mass is 10.1. The van der Waals surface area contributed by atoms with Crippen LogP contribution in [0, 0.1) is 0 Å². The molecule has 0 unspecified atom stereocenters. The second kappa shape index (κ2) is 6.99. The molecule has 0 saturated carbocycles. The van der Waals surface area contributed by atoms with Gasteiger partial charge in [0.05, 0.1) is 5.69 Å². The number of anilines is 1. The molecule has 1 amide bonds. The molecular formula is C15H16N2O3S. The van der Waals surface area contributed by atoms with Gasteiger partial charge in [-0.1, -0.05) is 48.6 Å². The number of aromatic carboxylic acids is 1. The first-order chi connectivity index (χ1) is 10.1. The summed E-state index contributed by atoms with van der Waals surface area (Å²) in [5.74, 6) is -1.17. The molecule has 21 heavy (non-hydrogen) atoms. The molecule has 0 aliphatic rings. The van der Waals surface area contributed by atoms with Gasteiger partial charge in [0.1, 0.15) is 4.88 Å². The number of thiazole rings is 1. The molecule has 1 aromatic carbocycles. The van der Waals surface area contributed by atoms with Gasteiger partial charge in [0.2, 0.25) is 5.91 Å². The Morgan fingerprint density at radius 3 is 2.57 bits per heavy atom. The monoisotopic (exact) mass is 304 g/mol. The van der Waals surface area contributed by atoms with E-state index in [-0.39, 0.29) is 10.8 Å². The number of nitrogens with one attached hydrogen (secondary N) is 1. The molecule has 5 nitrogen and oxygen atoms in total. The predicted molar refractivity (Wildman–Crippen MR) is 81.8 cm³/mol. The molecular weight excluding hydrogens is 288 g/mol. The lowest BCUT2D eigenvalue weighted by Gasteiger charge is -2.01. The number of amides is 1. The van der Waals surface area contributed by atoms with Crippen molar-refractivity contribution in [1.29, 1.82) is 0 Å². The normalized spacial score (nSPS) is 10.3. The second-order valence-corrected chi connectivity index (χ2v) is 5.49. The number of carbonyl (C=O) groups is 2. The zero-order valence-corrected chi connectivity index (χ0v) is 12.4. The highest BCUT2D eigenvalue weighted by Gasteiger charge is 2.17. The number of carboxylic acids is 1. The molecule has 0 fully saturated rings. The van der Waals surface area contributed by atoms with Crippen LogP contribution in [0.4, 0.5) is 5.13 Å². The van der Waals surface area contributed by atoms with E-state index in [1.807, 2.05) is 37.3 Å². The summed E-state index contributed by atoms with van der Waals surface area (Å²) < 4.78 is 0. The van der Waals surface area contributed by atoms with Crippen LogP contribution in [0.3, 0.4) is 0 Å². The highest BCUT2D eigenvalue weighted by Crippen LogP contribution is 2.23. The lowest BCUT2D eigenvalue weighted by molar-refractivity contribution is -0.116. The van der Waals surface area contributed by atoms with E-state index in [4.69, 9.17) is 5.11 Å². The van der Waals surface area contributed by atoms with E-state index in [9.17, 15) is 9.59 Å². The van der Waals surface area contributed by atoms with Gasteiger partial charge in [0.25, 0.3) is 0 Å². The smallest absolute Gasteiger partial charge is 0.347 e. The van der Waals surface area contributed by atoms with Gasteiger partial charge in [-0.15, -0.1) is 0 Å². The molecule has 0 atom stereocenters. The summed E-state index contributed by atoms with van der Waals surface area (Å²) in [5.41, 5.74) is 1.60. The standard InChI is InChI=1S/C15H16N2O3S/c1-2-11-13(14(19)20)21-15(16-11)17-12(18)9-8-10-6-4-3-5-7-10/h3-7H,2,8-9H2,1H3,(H,19,20)(H,16,17,18). The Labute approximate surface area is 126 Å². The maximum Gasteiger partial charge on any atom is 0.347 e. The molecule has 0 saturated heterocycles. The van der Waals surface area contributed by atoms with Crippen molar-refractivity contribution in [3.63, 3.8) is 0 Å². The minimum Gasteiger partial charge on any atom is -0.477 e. The van der Waals surface area contributed by atoms with E-state index in [1.165, 1.54) is 0 Å². The molecule has 0 aliphatic heterocycles. The number of carbonyl (C=O) groups excluding carboxylic acids is 1. The fraction of sp³-hybridized carbons (Fsp3) is 0.267. The third kappa shape index (κ3) is 4.13. The molecule has 0 spiro atoms. The maximum atomic E-state index is 11.9. The molecule has 1 aromatic heterocycles. The molecule has 2 rings (SSSR count). The number of hydrogen-bond donors (Lipinski definition) is 2. The van der Waals surface area contributed by atoms with Crippen molar-refractivity contribution in [2.45, 2.75) is 26.2 Å². The summed E-state index contributed by atoms with van der Waals surface area (Å²) in [4.78, 5) is 27.3. The Bertz CT molecular complexity index is 638. The predicted octanol–water partition coefficient (Wildman–Crippen LogP) is 2.98. The van der Waals surface area contributed by atoms with Crippen LogP contribution in [0.25, 0.3) is 0 Å². The molecule has 0 aliphatic carbocycles. The summed E-state index contributed by atoms with van der Waals surface area (Å²) >= 11 is 1.000. The van der Waals surface area contributed by atoms with Gasteiger partial charge in [-0.25, -0.2) is 9.78 Å². The van der Waals surface area contributed by atoms with E-state index < -0.39 is 5.97 Å².